The number of para-hydroxylation sites is 2. The van der Waals surface area contributed by atoms with Gasteiger partial charge in [-0.15, -0.1) is 0 Å². The molecule has 0 radical (unpaired) electrons. The molecule has 2 N–H and O–H groups in total. The van der Waals surface area contributed by atoms with Crippen LogP contribution in [0.5, 0.6) is 11.5 Å². The maximum absolute atomic E-state index is 13.4. The highest BCUT2D eigenvalue weighted by Gasteiger charge is 2.40. The molecule has 4 nitrogen and oxygen atoms in total. The largest absolute Gasteiger partial charge is 0.457 e. The van der Waals surface area contributed by atoms with Crippen molar-refractivity contribution >= 4 is 5.91 Å². The van der Waals surface area contributed by atoms with Gasteiger partial charge in [0.2, 0.25) is 5.91 Å². The quantitative estimate of drug-likeness (QED) is 0.875. The lowest BCUT2D eigenvalue weighted by molar-refractivity contribution is -0.916. The average Bonchev–Trinajstić information content (AvgIpc) is 2.70. The van der Waals surface area contributed by atoms with Crippen LogP contribution in [0, 0.1) is 0 Å². The Hall–Kier alpha value is -2.33. The van der Waals surface area contributed by atoms with Gasteiger partial charge < -0.3 is 15.0 Å². The zero-order valence-electron chi connectivity index (χ0n) is 16.3. The highest BCUT2D eigenvalue weighted by Crippen LogP contribution is 2.43. The summed E-state index contributed by atoms with van der Waals surface area (Å²) in [4.78, 5) is 14.8. The van der Waals surface area contributed by atoms with Gasteiger partial charge in [-0.1, -0.05) is 42.8 Å². The summed E-state index contributed by atoms with van der Waals surface area (Å²) in [6.45, 7) is 0.732. The number of amides is 1. The molecule has 27 heavy (non-hydrogen) atoms. The predicted octanol–water partition coefficient (Wildman–Crippen LogP) is 2.89. The fourth-order valence-corrected chi connectivity index (χ4v) is 4.63. The summed E-state index contributed by atoms with van der Waals surface area (Å²) in [5.74, 6) is 1.32. The number of fused-ring (bicyclic) bond motifs is 2. The molecule has 0 saturated heterocycles. The van der Waals surface area contributed by atoms with Crippen molar-refractivity contribution in [3.05, 3.63) is 59.7 Å². The number of quaternary nitrogens is 1. The zero-order valence-corrected chi connectivity index (χ0v) is 16.3. The summed E-state index contributed by atoms with van der Waals surface area (Å²) in [5.41, 5.74) is 2.05. The van der Waals surface area contributed by atoms with E-state index in [9.17, 15) is 4.79 Å². The van der Waals surface area contributed by atoms with Crippen molar-refractivity contribution in [3.8, 4) is 11.5 Å². The van der Waals surface area contributed by atoms with Gasteiger partial charge >= 0.3 is 0 Å². The van der Waals surface area contributed by atoms with Crippen molar-refractivity contribution in [2.45, 2.75) is 43.6 Å². The molecule has 0 bridgehead atoms. The molecular weight excluding hydrogens is 336 g/mol. The molecule has 0 aromatic heterocycles. The topological polar surface area (TPSA) is 42.8 Å². The van der Waals surface area contributed by atoms with Gasteiger partial charge in [0.25, 0.3) is 0 Å². The first kappa shape index (κ1) is 18.1. The zero-order chi connectivity index (χ0) is 18.9. The average molecular weight is 365 g/mol. The van der Waals surface area contributed by atoms with Crippen LogP contribution < -0.4 is 15.0 Å². The summed E-state index contributed by atoms with van der Waals surface area (Å²) in [5, 5.41) is 3.31. The van der Waals surface area contributed by atoms with Gasteiger partial charge in [0.05, 0.1) is 26.6 Å². The molecule has 2 aromatic carbocycles. The van der Waals surface area contributed by atoms with E-state index in [2.05, 4.69) is 19.4 Å². The Morgan fingerprint density at radius 3 is 2.11 bits per heavy atom. The van der Waals surface area contributed by atoms with Crippen molar-refractivity contribution < 1.29 is 14.4 Å². The Bertz CT molecular complexity index is 779. The van der Waals surface area contributed by atoms with Crippen LogP contribution in [0.1, 0.15) is 49.1 Å². The van der Waals surface area contributed by atoms with E-state index >= 15 is 0 Å². The molecule has 1 heterocycles. The number of carbonyl (C=O) groups excluding carboxylic acids is 1. The van der Waals surface area contributed by atoms with Crippen LogP contribution in [0.3, 0.4) is 0 Å². The van der Waals surface area contributed by atoms with Crippen molar-refractivity contribution in [1.29, 1.82) is 0 Å². The molecular formula is C23H29N2O2+. The lowest BCUT2D eigenvalue weighted by Gasteiger charge is -2.40. The Labute approximate surface area is 161 Å². The number of hydrogen-bond acceptors (Lipinski definition) is 2. The number of likely N-dealkylation sites (N-methyl/N-ethyl adjacent to an activating group) is 1. The SMILES string of the molecule is C[NH+](C)C1(CNC(=O)C2c3ccccc3Oc3ccccc32)CCCCC1. The van der Waals surface area contributed by atoms with E-state index < -0.39 is 0 Å². The second-order valence-corrected chi connectivity index (χ2v) is 8.17. The number of carbonyl (C=O) groups is 1. The summed E-state index contributed by atoms with van der Waals surface area (Å²) < 4.78 is 6.03. The van der Waals surface area contributed by atoms with Crippen LogP contribution in [-0.2, 0) is 4.79 Å². The molecule has 2 aliphatic rings. The van der Waals surface area contributed by atoms with Crippen molar-refractivity contribution in [2.75, 3.05) is 20.6 Å². The van der Waals surface area contributed by atoms with E-state index in [0.29, 0.717) is 0 Å². The van der Waals surface area contributed by atoms with Gasteiger partial charge in [-0.25, -0.2) is 0 Å². The standard InChI is InChI=1S/C23H28N2O2/c1-25(2)23(14-8-3-9-15-23)16-24-22(26)21-17-10-4-6-12-19(17)27-20-13-7-5-11-18(20)21/h4-7,10-13,21H,3,8-9,14-16H2,1-2H3,(H,24,26)/p+1. The Morgan fingerprint density at radius 2 is 1.56 bits per heavy atom. The van der Waals surface area contributed by atoms with Gasteiger partial charge in [0.15, 0.2) is 0 Å². The lowest BCUT2D eigenvalue weighted by atomic mass is 9.80. The smallest absolute Gasteiger partial charge is 0.232 e. The second-order valence-electron chi connectivity index (χ2n) is 8.17. The first-order valence-corrected chi connectivity index (χ1v) is 10.0. The highest BCUT2D eigenvalue weighted by molar-refractivity contribution is 5.89. The van der Waals surface area contributed by atoms with Crippen molar-refractivity contribution in [1.82, 2.24) is 5.32 Å². The predicted molar refractivity (Wildman–Crippen MR) is 106 cm³/mol. The first-order chi connectivity index (χ1) is 13.1. The Kier molecular flexibility index (Phi) is 4.92. The molecule has 0 unspecified atom stereocenters. The summed E-state index contributed by atoms with van der Waals surface area (Å²) in [6, 6.07) is 15.7. The van der Waals surface area contributed by atoms with Crippen molar-refractivity contribution in [2.24, 2.45) is 0 Å². The van der Waals surface area contributed by atoms with Gasteiger partial charge in [0.1, 0.15) is 17.0 Å². The van der Waals surface area contributed by atoms with Crippen molar-refractivity contribution in [3.63, 3.8) is 0 Å². The van der Waals surface area contributed by atoms with Gasteiger partial charge in [-0.05, 0) is 25.0 Å². The van der Waals surface area contributed by atoms with E-state index in [1.165, 1.54) is 37.0 Å². The third-order valence-electron chi connectivity index (χ3n) is 6.41. The van der Waals surface area contributed by atoms with Crippen LogP contribution >= 0.6 is 0 Å². The number of ether oxygens (including phenoxy) is 1. The third kappa shape index (κ3) is 3.34. The van der Waals surface area contributed by atoms with Crippen LogP contribution in [0.25, 0.3) is 0 Å². The maximum atomic E-state index is 13.4. The number of benzene rings is 2. The van der Waals surface area contributed by atoms with Gasteiger partial charge in [0, 0.05) is 24.0 Å². The second kappa shape index (κ2) is 7.35. The molecule has 1 amide bonds. The summed E-state index contributed by atoms with van der Waals surface area (Å²) in [7, 11) is 4.44. The minimum absolute atomic E-state index is 0.0735. The number of rotatable bonds is 4. The van der Waals surface area contributed by atoms with E-state index in [1.54, 1.807) is 0 Å². The molecule has 2 aromatic rings. The molecule has 142 valence electrons. The Morgan fingerprint density at radius 1 is 1.00 bits per heavy atom. The fourth-order valence-electron chi connectivity index (χ4n) is 4.63. The van der Waals surface area contributed by atoms with Crippen LogP contribution in [-0.4, -0.2) is 32.1 Å². The van der Waals surface area contributed by atoms with Gasteiger partial charge in [-0.3, -0.25) is 4.79 Å². The molecule has 4 rings (SSSR count). The number of nitrogens with one attached hydrogen (secondary N) is 2. The fraction of sp³-hybridized carbons (Fsp3) is 0.435. The third-order valence-corrected chi connectivity index (χ3v) is 6.41. The molecule has 1 aliphatic heterocycles. The monoisotopic (exact) mass is 365 g/mol. The van der Waals surface area contributed by atoms with Crippen LogP contribution in [0.15, 0.2) is 48.5 Å². The summed E-state index contributed by atoms with van der Waals surface area (Å²) >= 11 is 0. The minimum Gasteiger partial charge on any atom is -0.457 e. The highest BCUT2D eigenvalue weighted by atomic mass is 16.5. The summed E-state index contributed by atoms with van der Waals surface area (Å²) in [6.07, 6.45) is 6.17. The van der Waals surface area contributed by atoms with E-state index in [0.717, 1.165) is 29.2 Å². The van der Waals surface area contributed by atoms with Crippen LogP contribution in [0.2, 0.25) is 0 Å². The molecule has 1 aliphatic carbocycles. The molecule has 0 atom stereocenters. The normalized spacial score (nSPS) is 18.3. The molecule has 0 spiro atoms. The van der Waals surface area contributed by atoms with Gasteiger partial charge in [-0.2, -0.15) is 0 Å². The van der Waals surface area contributed by atoms with E-state index in [4.69, 9.17) is 4.74 Å². The molecule has 4 heteroatoms. The molecule has 1 saturated carbocycles. The maximum Gasteiger partial charge on any atom is 0.232 e. The van der Waals surface area contributed by atoms with E-state index in [-0.39, 0.29) is 17.4 Å². The number of hydrogen-bond donors (Lipinski definition) is 2. The Balaban J connectivity index is 1.60. The minimum atomic E-state index is -0.316. The van der Waals surface area contributed by atoms with E-state index in [1.807, 2.05) is 48.5 Å². The lowest BCUT2D eigenvalue weighted by Crippen LogP contribution is -3.16. The van der Waals surface area contributed by atoms with Crippen LogP contribution in [0.4, 0.5) is 0 Å². The first-order valence-electron chi connectivity index (χ1n) is 10.0. The molecule has 1 fully saturated rings.